The zero-order chi connectivity index (χ0) is 13.8. The van der Waals surface area contributed by atoms with E-state index in [9.17, 15) is 13.6 Å². The molecule has 2 aromatic carbocycles. The third-order valence-electron chi connectivity index (χ3n) is 2.78. The van der Waals surface area contributed by atoms with Gasteiger partial charge in [0.25, 0.3) is 0 Å². The van der Waals surface area contributed by atoms with E-state index < -0.39 is 11.6 Å². The minimum Gasteiger partial charge on any atom is -0.399 e. The molecule has 0 aromatic heterocycles. The van der Waals surface area contributed by atoms with Crippen molar-refractivity contribution in [3.8, 4) is 0 Å². The highest BCUT2D eigenvalue weighted by Crippen LogP contribution is 2.12. The van der Waals surface area contributed by atoms with Crippen molar-refractivity contribution < 1.29 is 13.6 Å². The smallest absolute Gasteiger partial charge is 0.141 e. The predicted molar refractivity (Wildman–Crippen MR) is 69.6 cm³/mol. The van der Waals surface area contributed by atoms with Crippen LogP contribution in [-0.4, -0.2) is 5.78 Å². The van der Waals surface area contributed by atoms with Crippen molar-refractivity contribution in [1.82, 2.24) is 0 Å². The fourth-order valence-corrected chi connectivity index (χ4v) is 1.80. The molecule has 0 aliphatic rings. The molecule has 0 heterocycles. The molecular formula is C15H13F2NO. The Hall–Kier alpha value is -2.23. The summed E-state index contributed by atoms with van der Waals surface area (Å²) >= 11 is 0. The molecule has 2 nitrogen and oxygen atoms in total. The summed E-state index contributed by atoms with van der Waals surface area (Å²) in [4.78, 5) is 11.8. The van der Waals surface area contributed by atoms with Gasteiger partial charge in [-0.25, -0.2) is 8.78 Å². The standard InChI is InChI=1S/C15H13F2NO/c16-12-4-3-11(15(17)9-12)8-14(19)7-10-1-5-13(18)6-2-10/h1-6,9H,7-8,18H2. The Balaban J connectivity index is 2.03. The highest BCUT2D eigenvalue weighted by Gasteiger charge is 2.10. The van der Waals surface area contributed by atoms with Crippen LogP contribution in [0.3, 0.4) is 0 Å². The zero-order valence-corrected chi connectivity index (χ0v) is 10.2. The van der Waals surface area contributed by atoms with E-state index in [1.165, 1.54) is 6.07 Å². The van der Waals surface area contributed by atoms with Gasteiger partial charge in [0.15, 0.2) is 0 Å². The molecule has 0 amide bonds. The number of halogens is 2. The van der Waals surface area contributed by atoms with E-state index in [1.807, 2.05) is 0 Å². The maximum Gasteiger partial charge on any atom is 0.141 e. The number of hydrogen-bond donors (Lipinski definition) is 1. The molecular weight excluding hydrogens is 248 g/mol. The Bertz CT molecular complexity index is 594. The normalized spacial score (nSPS) is 10.4. The van der Waals surface area contributed by atoms with E-state index >= 15 is 0 Å². The van der Waals surface area contributed by atoms with Crippen LogP contribution in [0, 0.1) is 11.6 Å². The molecule has 0 fully saturated rings. The molecule has 4 heteroatoms. The van der Waals surface area contributed by atoms with Crippen molar-refractivity contribution in [3.05, 3.63) is 65.2 Å². The summed E-state index contributed by atoms with van der Waals surface area (Å²) in [6, 6.07) is 10.2. The van der Waals surface area contributed by atoms with E-state index in [0.717, 1.165) is 17.7 Å². The number of benzene rings is 2. The zero-order valence-electron chi connectivity index (χ0n) is 10.2. The van der Waals surface area contributed by atoms with Gasteiger partial charge in [-0.3, -0.25) is 4.79 Å². The van der Waals surface area contributed by atoms with Gasteiger partial charge in [-0.05, 0) is 29.3 Å². The van der Waals surface area contributed by atoms with Gasteiger partial charge in [-0.1, -0.05) is 18.2 Å². The van der Waals surface area contributed by atoms with E-state index in [1.54, 1.807) is 24.3 Å². The van der Waals surface area contributed by atoms with Crippen LogP contribution in [0.1, 0.15) is 11.1 Å². The molecule has 0 atom stereocenters. The van der Waals surface area contributed by atoms with Crippen molar-refractivity contribution in [1.29, 1.82) is 0 Å². The topological polar surface area (TPSA) is 43.1 Å². The van der Waals surface area contributed by atoms with Gasteiger partial charge in [0.2, 0.25) is 0 Å². The number of anilines is 1. The summed E-state index contributed by atoms with van der Waals surface area (Å²) in [6.07, 6.45) is 0.160. The molecule has 0 saturated heterocycles. The van der Waals surface area contributed by atoms with Gasteiger partial charge in [0.05, 0.1) is 0 Å². The average molecular weight is 261 g/mol. The van der Waals surface area contributed by atoms with Crippen LogP contribution >= 0.6 is 0 Å². The summed E-state index contributed by atoms with van der Waals surface area (Å²) in [7, 11) is 0. The first-order valence-corrected chi connectivity index (χ1v) is 5.84. The first kappa shape index (κ1) is 13.2. The fraction of sp³-hybridized carbons (Fsp3) is 0.133. The Morgan fingerprint density at radius 1 is 1.00 bits per heavy atom. The summed E-state index contributed by atoms with van der Waals surface area (Å²) in [6.45, 7) is 0. The monoisotopic (exact) mass is 261 g/mol. The SMILES string of the molecule is Nc1ccc(CC(=O)Cc2ccc(F)cc2F)cc1. The van der Waals surface area contributed by atoms with Crippen LogP contribution in [0.2, 0.25) is 0 Å². The quantitative estimate of drug-likeness (QED) is 0.860. The van der Waals surface area contributed by atoms with Crippen LogP contribution in [-0.2, 0) is 17.6 Å². The lowest BCUT2D eigenvalue weighted by Crippen LogP contribution is -2.08. The van der Waals surface area contributed by atoms with Crippen LogP contribution < -0.4 is 5.73 Å². The molecule has 0 bridgehead atoms. The molecule has 0 spiro atoms. The van der Waals surface area contributed by atoms with Gasteiger partial charge >= 0.3 is 0 Å². The van der Waals surface area contributed by atoms with Crippen LogP contribution in [0.25, 0.3) is 0 Å². The fourth-order valence-electron chi connectivity index (χ4n) is 1.80. The van der Waals surface area contributed by atoms with E-state index in [0.29, 0.717) is 5.69 Å². The minimum atomic E-state index is -0.689. The molecule has 0 unspecified atom stereocenters. The van der Waals surface area contributed by atoms with Crippen LogP contribution in [0.5, 0.6) is 0 Å². The Labute approximate surface area is 109 Å². The van der Waals surface area contributed by atoms with E-state index in [-0.39, 0.29) is 24.2 Å². The number of ketones is 1. The molecule has 2 aromatic rings. The van der Waals surface area contributed by atoms with Gasteiger partial charge < -0.3 is 5.73 Å². The number of rotatable bonds is 4. The third-order valence-corrected chi connectivity index (χ3v) is 2.78. The second kappa shape index (κ2) is 5.61. The Morgan fingerprint density at radius 2 is 1.68 bits per heavy atom. The number of carbonyl (C=O) groups excluding carboxylic acids is 1. The number of hydrogen-bond acceptors (Lipinski definition) is 2. The lowest BCUT2D eigenvalue weighted by Gasteiger charge is -2.04. The van der Waals surface area contributed by atoms with Crippen molar-refractivity contribution in [2.45, 2.75) is 12.8 Å². The van der Waals surface area contributed by atoms with Gasteiger partial charge in [-0.2, -0.15) is 0 Å². The lowest BCUT2D eigenvalue weighted by molar-refractivity contribution is -0.117. The minimum absolute atomic E-state index is 0.0451. The number of nitrogens with two attached hydrogens (primary N) is 1. The van der Waals surface area contributed by atoms with Gasteiger partial charge in [0, 0.05) is 24.6 Å². The molecule has 2 N–H and O–H groups in total. The average Bonchev–Trinajstić information content (AvgIpc) is 2.36. The molecule has 2 rings (SSSR count). The maximum atomic E-state index is 13.4. The largest absolute Gasteiger partial charge is 0.399 e. The first-order chi connectivity index (χ1) is 9.04. The van der Waals surface area contributed by atoms with E-state index in [2.05, 4.69) is 0 Å². The number of carbonyl (C=O) groups is 1. The highest BCUT2D eigenvalue weighted by molar-refractivity contribution is 5.83. The molecule has 0 saturated carbocycles. The molecule has 0 radical (unpaired) electrons. The van der Waals surface area contributed by atoms with Crippen molar-refractivity contribution in [2.24, 2.45) is 0 Å². The maximum absolute atomic E-state index is 13.4. The Kier molecular flexibility index (Phi) is 3.90. The van der Waals surface area contributed by atoms with Crippen LogP contribution in [0.4, 0.5) is 14.5 Å². The van der Waals surface area contributed by atoms with Crippen molar-refractivity contribution >= 4 is 11.5 Å². The van der Waals surface area contributed by atoms with Crippen molar-refractivity contribution in [2.75, 3.05) is 5.73 Å². The van der Waals surface area contributed by atoms with Gasteiger partial charge in [-0.15, -0.1) is 0 Å². The lowest BCUT2D eigenvalue weighted by atomic mass is 10.0. The van der Waals surface area contributed by atoms with E-state index in [4.69, 9.17) is 5.73 Å². The summed E-state index contributed by atoms with van der Waals surface area (Å²) in [5, 5.41) is 0. The molecule has 0 aliphatic carbocycles. The van der Waals surface area contributed by atoms with Crippen LogP contribution in [0.15, 0.2) is 42.5 Å². The molecule has 98 valence electrons. The number of nitrogen functional groups attached to an aromatic ring is 1. The highest BCUT2D eigenvalue weighted by atomic mass is 19.1. The second-order valence-electron chi connectivity index (χ2n) is 4.37. The first-order valence-electron chi connectivity index (χ1n) is 5.84. The predicted octanol–water partition coefficient (Wildman–Crippen LogP) is 2.90. The third kappa shape index (κ3) is 3.61. The molecule has 0 aliphatic heterocycles. The summed E-state index contributed by atoms with van der Waals surface area (Å²) in [5.41, 5.74) is 7.20. The number of Topliss-reactive ketones (excluding diaryl/α,β-unsaturated/α-hetero) is 1. The van der Waals surface area contributed by atoms with Crippen molar-refractivity contribution in [3.63, 3.8) is 0 Å². The molecule has 19 heavy (non-hydrogen) atoms. The van der Waals surface area contributed by atoms with Gasteiger partial charge in [0.1, 0.15) is 17.4 Å². The summed E-state index contributed by atoms with van der Waals surface area (Å²) < 4.78 is 26.1. The summed E-state index contributed by atoms with van der Waals surface area (Å²) in [5.74, 6) is -1.46. The second-order valence-corrected chi connectivity index (χ2v) is 4.37. The Morgan fingerprint density at radius 3 is 2.32 bits per heavy atom.